The summed E-state index contributed by atoms with van der Waals surface area (Å²) >= 11 is 2.74. The van der Waals surface area contributed by atoms with Gasteiger partial charge >= 0.3 is 0 Å². The summed E-state index contributed by atoms with van der Waals surface area (Å²) in [6, 6.07) is 10.5. The topological polar surface area (TPSA) is 244 Å². The van der Waals surface area contributed by atoms with E-state index in [4.69, 9.17) is 18.9 Å². The van der Waals surface area contributed by atoms with Crippen molar-refractivity contribution in [3.63, 3.8) is 0 Å². The largest absolute Gasteiger partial charge is 0.494 e. The molecule has 0 aliphatic carbocycles. The predicted molar refractivity (Wildman–Crippen MR) is 265 cm³/mol. The van der Waals surface area contributed by atoms with Gasteiger partial charge in [0.2, 0.25) is 0 Å². The van der Waals surface area contributed by atoms with Crippen molar-refractivity contribution in [3.8, 4) is 56.0 Å². The minimum atomic E-state index is -3.76. The molecule has 0 fully saturated rings. The molecule has 72 heavy (non-hydrogen) atoms. The Bertz CT molecular complexity index is 3080. The van der Waals surface area contributed by atoms with E-state index in [-0.39, 0.29) is 36.1 Å². The molecule has 8 aromatic rings. The number of ether oxygens (including phenoxy) is 4. The fourth-order valence-corrected chi connectivity index (χ4v) is 12.5. The van der Waals surface area contributed by atoms with E-state index in [1.807, 2.05) is 24.6 Å². The van der Waals surface area contributed by atoms with Gasteiger partial charge in [-0.3, -0.25) is 9.13 Å². The summed E-state index contributed by atoms with van der Waals surface area (Å²) in [6.07, 6.45) is 4.81. The maximum Gasteiger partial charge on any atom is 0.197 e. The van der Waals surface area contributed by atoms with Crippen molar-refractivity contribution in [1.82, 2.24) is 59.4 Å². The molecule has 0 spiro atoms. The van der Waals surface area contributed by atoms with Crippen molar-refractivity contribution in [2.75, 3.05) is 28.4 Å². The van der Waals surface area contributed by atoms with E-state index >= 15 is 0 Å². The van der Waals surface area contributed by atoms with Gasteiger partial charge in [0.05, 0.1) is 63.7 Å². The highest BCUT2D eigenvalue weighted by molar-refractivity contribution is 7.91. The standard InChI is InChI=1S/2C23H25FN6O4S2/c2*1-5-16(9-19-25-10-15(24)11-26-19)36(31,32)13-20-28-29-22(23-27-14(2)12-35-23)30(20)21-17(33-3)7-6-8-18(21)34-4/h2*6-8,10-12,16H,5,9,13H2,1-4H3/t2*16-/m10/s1. The summed E-state index contributed by atoms with van der Waals surface area (Å²) < 4.78 is 106. The summed E-state index contributed by atoms with van der Waals surface area (Å²) in [5.41, 5.74) is 2.54. The Hall–Kier alpha value is -6.90. The Labute approximate surface area is 422 Å². The quantitative estimate of drug-likeness (QED) is 0.0734. The number of sulfone groups is 2. The molecule has 2 atom stereocenters. The van der Waals surface area contributed by atoms with Crippen LogP contribution in [-0.4, -0.2) is 115 Å². The molecule has 0 aliphatic heterocycles. The fourth-order valence-electron chi connectivity index (χ4n) is 7.53. The van der Waals surface area contributed by atoms with Crippen molar-refractivity contribution in [3.05, 3.63) is 118 Å². The molecule has 2 aromatic carbocycles. The SMILES string of the molecule is CC[C@@H](Cc1ncc(F)cn1)S(=O)(=O)Cc1nnc(-c2nc(C)cs2)n1-c1c(OC)cccc1OC.CC[C@H](Cc1ncc(F)cn1)S(=O)(=O)Cc1nnc(-c2nc(C)cs2)n1-c1c(OC)cccc1OC. The second-order valence-corrected chi connectivity index (χ2v) is 22.2. The van der Waals surface area contributed by atoms with E-state index < -0.39 is 53.3 Å². The molecule has 8 rings (SSSR count). The molecule has 0 saturated carbocycles. The first-order valence-corrected chi connectivity index (χ1v) is 27.3. The molecule has 6 aromatic heterocycles. The molecule has 0 radical (unpaired) electrons. The molecule has 0 saturated heterocycles. The Morgan fingerprint density at radius 3 is 1.17 bits per heavy atom. The van der Waals surface area contributed by atoms with E-state index in [1.165, 1.54) is 51.1 Å². The molecule has 20 nitrogen and oxygen atoms in total. The summed E-state index contributed by atoms with van der Waals surface area (Å²) in [6.45, 7) is 7.26. The lowest BCUT2D eigenvalue weighted by Crippen LogP contribution is -2.27. The molecular weight excluding hydrogens is 1010 g/mol. The second kappa shape index (κ2) is 23.1. The van der Waals surface area contributed by atoms with Crippen LogP contribution in [0.3, 0.4) is 0 Å². The van der Waals surface area contributed by atoms with Gasteiger partial charge in [-0.1, -0.05) is 26.0 Å². The number of aryl methyl sites for hydroxylation is 2. The van der Waals surface area contributed by atoms with Crippen LogP contribution in [0, 0.1) is 25.5 Å². The van der Waals surface area contributed by atoms with E-state index in [0.717, 1.165) is 36.2 Å². The molecule has 0 bridgehead atoms. The number of nitrogens with zero attached hydrogens (tertiary/aromatic N) is 12. The number of rotatable bonds is 20. The van der Waals surface area contributed by atoms with Crippen molar-refractivity contribution >= 4 is 42.3 Å². The minimum absolute atomic E-state index is 0.0454. The van der Waals surface area contributed by atoms with Gasteiger partial charge < -0.3 is 18.9 Å². The predicted octanol–water partition coefficient (Wildman–Crippen LogP) is 7.16. The van der Waals surface area contributed by atoms with Gasteiger partial charge in [0.15, 0.2) is 64.6 Å². The van der Waals surface area contributed by atoms with Crippen molar-refractivity contribution in [1.29, 1.82) is 0 Å². The lowest BCUT2D eigenvalue weighted by Gasteiger charge is -2.18. The van der Waals surface area contributed by atoms with Gasteiger partial charge in [0.1, 0.15) is 57.5 Å². The number of hydrogen-bond donors (Lipinski definition) is 0. The van der Waals surface area contributed by atoms with Gasteiger partial charge in [-0.15, -0.1) is 43.1 Å². The number of para-hydroxylation sites is 2. The number of halogens is 2. The Morgan fingerprint density at radius 2 is 0.889 bits per heavy atom. The highest BCUT2D eigenvalue weighted by Crippen LogP contribution is 2.39. The van der Waals surface area contributed by atoms with Gasteiger partial charge in [0.25, 0.3) is 0 Å². The lowest BCUT2D eigenvalue weighted by molar-refractivity contribution is 0.390. The third-order valence-corrected chi connectivity index (χ3v) is 17.4. The zero-order valence-electron chi connectivity index (χ0n) is 40.3. The number of hydrogen-bond acceptors (Lipinski definition) is 20. The first-order chi connectivity index (χ1) is 34.5. The van der Waals surface area contributed by atoms with Crippen LogP contribution in [0.2, 0.25) is 0 Å². The second-order valence-electron chi connectivity index (χ2n) is 15.9. The van der Waals surface area contributed by atoms with Crippen LogP contribution in [0.1, 0.15) is 61.4 Å². The number of methoxy groups -OCH3 is 4. The van der Waals surface area contributed by atoms with Crippen LogP contribution < -0.4 is 18.9 Å². The van der Waals surface area contributed by atoms with Crippen LogP contribution in [-0.2, 0) is 44.0 Å². The third-order valence-electron chi connectivity index (χ3n) is 11.1. The molecule has 0 amide bonds. The number of benzene rings is 2. The van der Waals surface area contributed by atoms with Crippen molar-refractivity contribution < 1.29 is 44.6 Å². The van der Waals surface area contributed by atoms with E-state index in [9.17, 15) is 25.6 Å². The van der Waals surface area contributed by atoms with E-state index in [1.54, 1.807) is 59.4 Å². The van der Waals surface area contributed by atoms with Gasteiger partial charge in [-0.05, 0) is 51.0 Å². The van der Waals surface area contributed by atoms with Crippen molar-refractivity contribution in [2.45, 2.75) is 75.4 Å². The molecule has 6 heterocycles. The molecular formula is C46H50F2N12O8S4. The van der Waals surface area contributed by atoms with Crippen LogP contribution >= 0.6 is 22.7 Å². The smallest absolute Gasteiger partial charge is 0.197 e. The molecule has 26 heteroatoms. The molecule has 0 unspecified atom stereocenters. The fraction of sp³-hybridized carbons (Fsp3) is 0.348. The maximum atomic E-state index is 13.6. The first kappa shape index (κ1) is 52.9. The van der Waals surface area contributed by atoms with Gasteiger partial charge in [-0.25, -0.2) is 55.5 Å². The van der Waals surface area contributed by atoms with E-state index in [0.29, 0.717) is 68.9 Å². The summed E-state index contributed by atoms with van der Waals surface area (Å²) in [5, 5.41) is 20.4. The average Bonchev–Trinajstić information content (AvgIpc) is 4.20. The highest BCUT2D eigenvalue weighted by atomic mass is 32.2. The monoisotopic (exact) mass is 1060 g/mol. The van der Waals surface area contributed by atoms with Crippen LogP contribution in [0.15, 0.2) is 71.9 Å². The first-order valence-electron chi connectivity index (χ1n) is 22.1. The molecule has 380 valence electrons. The van der Waals surface area contributed by atoms with Crippen molar-refractivity contribution in [2.24, 2.45) is 0 Å². The van der Waals surface area contributed by atoms with E-state index in [2.05, 4.69) is 50.3 Å². The normalized spacial score (nSPS) is 12.5. The highest BCUT2D eigenvalue weighted by Gasteiger charge is 2.33. The minimum Gasteiger partial charge on any atom is -0.494 e. The maximum absolute atomic E-state index is 13.6. The zero-order valence-corrected chi connectivity index (χ0v) is 43.6. The summed E-state index contributed by atoms with van der Waals surface area (Å²) in [7, 11) is -1.46. The summed E-state index contributed by atoms with van der Waals surface area (Å²) in [5.74, 6) is 1.42. The Morgan fingerprint density at radius 1 is 0.556 bits per heavy atom. The average molecular weight is 1070 g/mol. The zero-order chi connectivity index (χ0) is 51.7. The van der Waals surface area contributed by atoms with Crippen LogP contribution in [0.25, 0.3) is 33.0 Å². The van der Waals surface area contributed by atoms with Gasteiger partial charge in [0, 0.05) is 35.0 Å². The Balaban J connectivity index is 0.000000211. The lowest BCUT2D eigenvalue weighted by atomic mass is 10.2. The number of aromatic nitrogens is 12. The van der Waals surface area contributed by atoms with Gasteiger partial charge in [-0.2, -0.15) is 0 Å². The molecule has 0 N–H and O–H groups in total. The van der Waals surface area contributed by atoms with Crippen LogP contribution in [0.4, 0.5) is 8.78 Å². The third kappa shape index (κ3) is 11.9. The molecule has 0 aliphatic rings. The summed E-state index contributed by atoms with van der Waals surface area (Å²) in [4.78, 5) is 24.7. The Kier molecular flexibility index (Phi) is 17.0. The number of thiazole rings is 2. The van der Waals surface area contributed by atoms with Crippen LogP contribution in [0.5, 0.6) is 23.0 Å².